The van der Waals surface area contributed by atoms with Crippen molar-refractivity contribution in [2.45, 2.75) is 161 Å². The second-order valence-corrected chi connectivity index (χ2v) is 11.0. The van der Waals surface area contributed by atoms with Gasteiger partial charge in [0.25, 0.3) is 0 Å². The second-order valence-electron chi connectivity index (χ2n) is 11.0. The summed E-state index contributed by atoms with van der Waals surface area (Å²) in [6.07, 6.45) is 22.8. The van der Waals surface area contributed by atoms with E-state index in [-0.39, 0.29) is 0 Å². The average molecular weight is 407 g/mol. The first kappa shape index (κ1) is 25.2. The molecule has 0 aliphatic heterocycles. The van der Waals surface area contributed by atoms with E-state index < -0.39 is 0 Å². The Morgan fingerprint density at radius 1 is 0.690 bits per heavy atom. The molecule has 29 heavy (non-hydrogen) atoms. The Morgan fingerprint density at radius 3 is 1.72 bits per heavy atom. The molecular weight excluding hydrogens is 352 g/mol. The first-order valence-corrected chi connectivity index (χ1v) is 13.5. The molecule has 2 saturated carbocycles. The minimum absolute atomic E-state index is 0.304. The highest BCUT2D eigenvalue weighted by Crippen LogP contribution is 2.47. The predicted octanol–water partition coefficient (Wildman–Crippen LogP) is 7.61. The smallest absolute Gasteiger partial charge is 0.0394 e. The molecule has 2 rings (SSSR count). The summed E-state index contributed by atoms with van der Waals surface area (Å²) in [6, 6.07) is 1.76. The van der Waals surface area contributed by atoms with Crippen LogP contribution in [0.25, 0.3) is 0 Å². The molecule has 2 fully saturated rings. The van der Waals surface area contributed by atoms with Crippen molar-refractivity contribution in [1.29, 1.82) is 0 Å². The lowest BCUT2D eigenvalue weighted by Gasteiger charge is -2.54. The molecule has 172 valence electrons. The fourth-order valence-corrected chi connectivity index (χ4v) is 6.71. The SMILES string of the molecule is CCCCCCCCC(NC(C)C)C(NC(C)C)(C1CCCCC1)C1CCCC1. The maximum atomic E-state index is 4.31. The van der Waals surface area contributed by atoms with Crippen molar-refractivity contribution in [3.63, 3.8) is 0 Å². The zero-order chi connectivity index (χ0) is 21.1. The van der Waals surface area contributed by atoms with Crippen LogP contribution in [-0.4, -0.2) is 23.7 Å². The molecule has 2 heteroatoms. The average Bonchev–Trinajstić information content (AvgIpc) is 3.23. The van der Waals surface area contributed by atoms with Gasteiger partial charge in [-0.3, -0.25) is 0 Å². The molecule has 0 saturated heterocycles. The van der Waals surface area contributed by atoms with Crippen molar-refractivity contribution < 1.29 is 0 Å². The Balaban J connectivity index is 2.22. The Kier molecular flexibility index (Phi) is 11.6. The van der Waals surface area contributed by atoms with Gasteiger partial charge in [0.1, 0.15) is 0 Å². The lowest BCUT2D eigenvalue weighted by molar-refractivity contribution is 0.0376. The topological polar surface area (TPSA) is 24.1 Å². The third-order valence-electron chi connectivity index (χ3n) is 7.81. The number of unbranched alkanes of at least 4 members (excludes halogenated alkanes) is 5. The van der Waals surface area contributed by atoms with Crippen LogP contribution in [0.4, 0.5) is 0 Å². The first-order valence-electron chi connectivity index (χ1n) is 13.5. The standard InChI is InChI=1S/C27H54N2/c1-6-7-8-9-10-14-21-26(28-22(2)3)27(29-23(4)5,25-19-15-16-20-25)24-17-12-11-13-18-24/h22-26,28-29H,6-21H2,1-5H3. The molecule has 0 heterocycles. The highest BCUT2D eigenvalue weighted by molar-refractivity contribution is 5.10. The molecular formula is C27H54N2. The quantitative estimate of drug-likeness (QED) is 0.290. The third-order valence-corrected chi connectivity index (χ3v) is 7.81. The Morgan fingerprint density at radius 2 is 1.21 bits per heavy atom. The number of hydrogen-bond donors (Lipinski definition) is 2. The molecule has 0 aromatic heterocycles. The van der Waals surface area contributed by atoms with Crippen LogP contribution < -0.4 is 10.6 Å². The van der Waals surface area contributed by atoms with Gasteiger partial charge in [-0.05, 0) is 43.9 Å². The van der Waals surface area contributed by atoms with Crippen molar-refractivity contribution in [3.8, 4) is 0 Å². The minimum Gasteiger partial charge on any atom is -0.310 e. The summed E-state index contributed by atoms with van der Waals surface area (Å²) in [5, 5.41) is 8.45. The van der Waals surface area contributed by atoms with Crippen molar-refractivity contribution in [1.82, 2.24) is 10.6 Å². The monoisotopic (exact) mass is 406 g/mol. The molecule has 0 spiro atoms. The van der Waals surface area contributed by atoms with Crippen molar-refractivity contribution in [3.05, 3.63) is 0 Å². The van der Waals surface area contributed by atoms with Gasteiger partial charge in [0.15, 0.2) is 0 Å². The van der Waals surface area contributed by atoms with Gasteiger partial charge in [-0.25, -0.2) is 0 Å². The molecule has 2 N–H and O–H groups in total. The Labute approximate surface area is 183 Å². The summed E-state index contributed by atoms with van der Waals surface area (Å²) in [6.45, 7) is 11.8. The van der Waals surface area contributed by atoms with Crippen LogP contribution in [0, 0.1) is 11.8 Å². The highest BCUT2D eigenvalue weighted by atomic mass is 15.1. The van der Waals surface area contributed by atoms with Crippen molar-refractivity contribution in [2.75, 3.05) is 0 Å². The van der Waals surface area contributed by atoms with E-state index in [1.165, 1.54) is 103 Å². The lowest BCUT2D eigenvalue weighted by Crippen LogP contribution is -2.69. The van der Waals surface area contributed by atoms with Gasteiger partial charge in [-0.1, -0.05) is 105 Å². The summed E-state index contributed by atoms with van der Waals surface area (Å²) in [7, 11) is 0. The van der Waals surface area contributed by atoms with Crippen LogP contribution in [0.2, 0.25) is 0 Å². The van der Waals surface area contributed by atoms with Crippen molar-refractivity contribution in [2.24, 2.45) is 11.8 Å². The van der Waals surface area contributed by atoms with Gasteiger partial charge in [-0.15, -0.1) is 0 Å². The third kappa shape index (κ3) is 7.53. The van der Waals surface area contributed by atoms with Crippen LogP contribution in [0.15, 0.2) is 0 Å². The summed E-state index contributed by atoms with van der Waals surface area (Å²) in [5.74, 6) is 1.72. The Hall–Kier alpha value is -0.0800. The van der Waals surface area contributed by atoms with Gasteiger partial charge in [-0.2, -0.15) is 0 Å². The van der Waals surface area contributed by atoms with Crippen LogP contribution >= 0.6 is 0 Å². The first-order chi connectivity index (χ1) is 14.0. The zero-order valence-electron chi connectivity index (χ0n) is 20.7. The van der Waals surface area contributed by atoms with Gasteiger partial charge < -0.3 is 10.6 Å². The highest BCUT2D eigenvalue weighted by Gasteiger charge is 2.51. The van der Waals surface area contributed by atoms with E-state index >= 15 is 0 Å². The zero-order valence-corrected chi connectivity index (χ0v) is 20.7. The number of rotatable bonds is 14. The molecule has 0 aromatic rings. The predicted molar refractivity (Wildman–Crippen MR) is 130 cm³/mol. The fraction of sp³-hybridized carbons (Fsp3) is 1.00. The summed E-state index contributed by atoms with van der Waals surface area (Å²) in [4.78, 5) is 0. The van der Waals surface area contributed by atoms with E-state index in [0.717, 1.165) is 11.8 Å². The van der Waals surface area contributed by atoms with Gasteiger partial charge >= 0.3 is 0 Å². The van der Waals surface area contributed by atoms with E-state index in [0.29, 0.717) is 23.7 Å². The van der Waals surface area contributed by atoms with Crippen LogP contribution in [-0.2, 0) is 0 Å². The van der Waals surface area contributed by atoms with Gasteiger partial charge in [0.2, 0.25) is 0 Å². The van der Waals surface area contributed by atoms with Crippen molar-refractivity contribution >= 4 is 0 Å². The number of nitrogens with one attached hydrogen (secondary N) is 2. The molecule has 0 radical (unpaired) electrons. The van der Waals surface area contributed by atoms with Crippen LogP contribution in [0.5, 0.6) is 0 Å². The van der Waals surface area contributed by atoms with Gasteiger partial charge in [0, 0.05) is 23.7 Å². The molecule has 0 aromatic carbocycles. The second kappa shape index (κ2) is 13.4. The van der Waals surface area contributed by atoms with E-state index in [1.807, 2.05) is 0 Å². The van der Waals surface area contributed by atoms with Crippen LogP contribution in [0.3, 0.4) is 0 Å². The maximum Gasteiger partial charge on any atom is 0.0394 e. The fourth-order valence-electron chi connectivity index (χ4n) is 6.71. The normalized spacial score (nSPS) is 22.4. The molecule has 2 unspecified atom stereocenters. The lowest BCUT2D eigenvalue weighted by atomic mass is 9.62. The van der Waals surface area contributed by atoms with E-state index in [1.54, 1.807) is 0 Å². The van der Waals surface area contributed by atoms with Crippen LogP contribution in [0.1, 0.15) is 137 Å². The number of hydrogen-bond acceptors (Lipinski definition) is 2. The van der Waals surface area contributed by atoms with E-state index in [9.17, 15) is 0 Å². The molecule has 2 nitrogen and oxygen atoms in total. The molecule has 0 bridgehead atoms. The van der Waals surface area contributed by atoms with Gasteiger partial charge in [0.05, 0.1) is 0 Å². The molecule has 2 aliphatic carbocycles. The maximum absolute atomic E-state index is 4.31. The largest absolute Gasteiger partial charge is 0.310 e. The molecule has 2 aliphatic rings. The summed E-state index contributed by atoms with van der Waals surface area (Å²) < 4.78 is 0. The van der Waals surface area contributed by atoms with E-state index in [2.05, 4.69) is 45.3 Å². The summed E-state index contributed by atoms with van der Waals surface area (Å²) >= 11 is 0. The Bertz CT molecular complexity index is 407. The molecule has 2 atom stereocenters. The van der Waals surface area contributed by atoms with E-state index in [4.69, 9.17) is 0 Å². The molecule has 0 amide bonds. The minimum atomic E-state index is 0.304. The summed E-state index contributed by atoms with van der Waals surface area (Å²) in [5.41, 5.74) is 0.304.